The van der Waals surface area contributed by atoms with Gasteiger partial charge in [0.1, 0.15) is 4.60 Å². The SMILES string of the molecule is Brc1ccc2nc3c(n2n1)[C@@H](c1ccccc1)COC3. The van der Waals surface area contributed by atoms with Crippen molar-refractivity contribution in [3.05, 3.63) is 64.0 Å². The lowest BCUT2D eigenvalue weighted by Crippen LogP contribution is -2.19. The van der Waals surface area contributed by atoms with E-state index in [4.69, 9.17) is 4.74 Å². The van der Waals surface area contributed by atoms with Gasteiger partial charge in [0, 0.05) is 0 Å². The lowest BCUT2D eigenvalue weighted by Gasteiger charge is -2.22. The summed E-state index contributed by atoms with van der Waals surface area (Å²) in [4.78, 5) is 4.62. The maximum absolute atomic E-state index is 5.71. The molecule has 0 fully saturated rings. The number of rotatable bonds is 1. The van der Waals surface area contributed by atoms with Gasteiger partial charge in [-0.1, -0.05) is 30.3 Å². The topological polar surface area (TPSA) is 39.4 Å². The molecule has 1 aliphatic rings. The van der Waals surface area contributed by atoms with E-state index in [-0.39, 0.29) is 5.92 Å². The summed E-state index contributed by atoms with van der Waals surface area (Å²) in [5.74, 6) is 0.178. The second kappa shape index (κ2) is 4.68. The quantitative estimate of drug-likeness (QED) is 0.688. The van der Waals surface area contributed by atoms with Crippen molar-refractivity contribution in [3.8, 4) is 0 Å². The Bertz CT molecular complexity index is 769. The largest absolute Gasteiger partial charge is 0.374 e. The molecule has 0 amide bonds. The maximum Gasteiger partial charge on any atom is 0.154 e. The second-order valence-corrected chi connectivity index (χ2v) is 5.66. The van der Waals surface area contributed by atoms with E-state index in [1.165, 1.54) is 5.56 Å². The fourth-order valence-corrected chi connectivity index (χ4v) is 3.01. The fourth-order valence-electron chi connectivity index (χ4n) is 2.72. The highest BCUT2D eigenvalue weighted by atomic mass is 79.9. The van der Waals surface area contributed by atoms with Crippen molar-refractivity contribution in [1.29, 1.82) is 0 Å². The molecule has 0 radical (unpaired) electrons. The van der Waals surface area contributed by atoms with Crippen LogP contribution in [0.5, 0.6) is 0 Å². The van der Waals surface area contributed by atoms with E-state index in [0.29, 0.717) is 13.2 Å². The summed E-state index contributed by atoms with van der Waals surface area (Å²) in [5, 5.41) is 4.54. The molecular formula is C15H12BrN3O. The Morgan fingerprint density at radius 1 is 1.15 bits per heavy atom. The molecule has 4 rings (SSSR count). The zero-order chi connectivity index (χ0) is 13.5. The molecule has 1 aliphatic heterocycles. The van der Waals surface area contributed by atoms with Crippen LogP contribution >= 0.6 is 15.9 Å². The van der Waals surface area contributed by atoms with Crippen LogP contribution in [0.15, 0.2) is 47.1 Å². The minimum Gasteiger partial charge on any atom is -0.374 e. The predicted molar refractivity (Wildman–Crippen MR) is 78.6 cm³/mol. The van der Waals surface area contributed by atoms with Crippen molar-refractivity contribution < 1.29 is 4.74 Å². The van der Waals surface area contributed by atoms with Crippen molar-refractivity contribution in [2.75, 3.05) is 6.61 Å². The molecule has 5 heteroatoms. The number of fused-ring (bicyclic) bond motifs is 3. The van der Waals surface area contributed by atoms with Crippen LogP contribution in [-0.2, 0) is 11.3 Å². The Hall–Kier alpha value is -1.72. The third kappa shape index (κ3) is 1.85. The number of benzene rings is 1. The Labute approximate surface area is 124 Å². The molecule has 0 unspecified atom stereocenters. The fraction of sp³-hybridized carbons (Fsp3) is 0.200. The third-order valence-electron chi connectivity index (χ3n) is 3.61. The Balaban J connectivity index is 1.95. The van der Waals surface area contributed by atoms with E-state index < -0.39 is 0 Å². The Morgan fingerprint density at radius 3 is 2.85 bits per heavy atom. The van der Waals surface area contributed by atoms with Crippen molar-refractivity contribution in [1.82, 2.24) is 14.6 Å². The van der Waals surface area contributed by atoms with Gasteiger partial charge in [0.2, 0.25) is 0 Å². The molecule has 0 N–H and O–H groups in total. The van der Waals surface area contributed by atoms with Gasteiger partial charge in [-0.15, -0.1) is 0 Å². The summed E-state index contributed by atoms with van der Waals surface area (Å²) >= 11 is 3.43. The van der Waals surface area contributed by atoms with Crippen LogP contribution in [0.25, 0.3) is 5.65 Å². The van der Waals surface area contributed by atoms with Gasteiger partial charge in [0.25, 0.3) is 0 Å². The van der Waals surface area contributed by atoms with Gasteiger partial charge in [-0.05, 0) is 33.6 Å². The average molecular weight is 330 g/mol. The summed E-state index contributed by atoms with van der Waals surface area (Å²) in [6.45, 7) is 1.22. The molecule has 100 valence electrons. The highest BCUT2D eigenvalue weighted by molar-refractivity contribution is 9.10. The molecule has 20 heavy (non-hydrogen) atoms. The molecule has 1 aromatic carbocycles. The summed E-state index contributed by atoms with van der Waals surface area (Å²) in [7, 11) is 0. The number of hydrogen-bond donors (Lipinski definition) is 0. The minimum absolute atomic E-state index is 0.178. The molecule has 3 aromatic rings. The molecule has 0 spiro atoms. The number of hydrogen-bond acceptors (Lipinski definition) is 3. The first kappa shape index (κ1) is 12.1. The molecule has 0 aliphatic carbocycles. The zero-order valence-corrected chi connectivity index (χ0v) is 12.2. The monoisotopic (exact) mass is 329 g/mol. The number of ether oxygens (including phenoxy) is 1. The lowest BCUT2D eigenvalue weighted by atomic mass is 9.94. The van der Waals surface area contributed by atoms with Crippen LogP contribution in [0.1, 0.15) is 22.9 Å². The van der Waals surface area contributed by atoms with E-state index in [1.807, 2.05) is 22.7 Å². The van der Waals surface area contributed by atoms with Crippen LogP contribution < -0.4 is 0 Å². The predicted octanol–water partition coefficient (Wildman–Crippen LogP) is 3.15. The van der Waals surface area contributed by atoms with E-state index in [1.54, 1.807) is 0 Å². The van der Waals surface area contributed by atoms with E-state index in [0.717, 1.165) is 21.6 Å². The molecule has 0 saturated heterocycles. The van der Waals surface area contributed by atoms with Crippen molar-refractivity contribution in [2.24, 2.45) is 0 Å². The molecule has 3 heterocycles. The van der Waals surface area contributed by atoms with Gasteiger partial charge in [0.15, 0.2) is 5.65 Å². The first-order valence-electron chi connectivity index (χ1n) is 6.49. The molecule has 2 aromatic heterocycles. The summed E-state index contributed by atoms with van der Waals surface area (Å²) in [6, 6.07) is 14.3. The van der Waals surface area contributed by atoms with Gasteiger partial charge in [-0.3, -0.25) is 0 Å². The first-order valence-corrected chi connectivity index (χ1v) is 7.29. The van der Waals surface area contributed by atoms with Crippen LogP contribution in [-0.4, -0.2) is 21.2 Å². The van der Waals surface area contributed by atoms with Crippen molar-refractivity contribution in [2.45, 2.75) is 12.5 Å². The highest BCUT2D eigenvalue weighted by Crippen LogP contribution is 2.32. The third-order valence-corrected chi connectivity index (χ3v) is 4.03. The number of aromatic nitrogens is 3. The van der Waals surface area contributed by atoms with Gasteiger partial charge in [0.05, 0.1) is 30.5 Å². The smallest absolute Gasteiger partial charge is 0.154 e. The lowest BCUT2D eigenvalue weighted by molar-refractivity contribution is 0.0951. The van der Waals surface area contributed by atoms with Gasteiger partial charge in [-0.25, -0.2) is 9.50 Å². The Kier molecular flexibility index (Phi) is 2.82. The molecule has 1 atom stereocenters. The van der Waals surface area contributed by atoms with Crippen LogP contribution in [0, 0.1) is 0 Å². The number of nitrogens with zero attached hydrogens (tertiary/aromatic N) is 3. The average Bonchev–Trinajstić information content (AvgIpc) is 2.86. The summed E-state index contributed by atoms with van der Waals surface area (Å²) in [6.07, 6.45) is 0. The normalized spacial score (nSPS) is 18.1. The number of halogens is 1. The number of imidazole rings is 1. The van der Waals surface area contributed by atoms with Gasteiger partial charge < -0.3 is 4.74 Å². The zero-order valence-electron chi connectivity index (χ0n) is 10.7. The molecule has 0 bridgehead atoms. The second-order valence-electron chi connectivity index (χ2n) is 4.85. The van der Waals surface area contributed by atoms with Crippen LogP contribution in [0.4, 0.5) is 0 Å². The summed E-state index contributed by atoms with van der Waals surface area (Å²) < 4.78 is 8.45. The maximum atomic E-state index is 5.71. The Morgan fingerprint density at radius 2 is 2.00 bits per heavy atom. The minimum atomic E-state index is 0.178. The van der Waals surface area contributed by atoms with Crippen molar-refractivity contribution in [3.63, 3.8) is 0 Å². The van der Waals surface area contributed by atoms with Crippen molar-refractivity contribution >= 4 is 21.6 Å². The molecular weight excluding hydrogens is 318 g/mol. The van der Waals surface area contributed by atoms with Gasteiger partial charge in [-0.2, -0.15) is 5.10 Å². The highest BCUT2D eigenvalue weighted by Gasteiger charge is 2.28. The molecule has 4 nitrogen and oxygen atoms in total. The van der Waals surface area contributed by atoms with Crippen LogP contribution in [0.2, 0.25) is 0 Å². The molecule has 0 saturated carbocycles. The first-order chi connectivity index (χ1) is 9.83. The van der Waals surface area contributed by atoms with Gasteiger partial charge >= 0.3 is 0 Å². The van der Waals surface area contributed by atoms with Crippen LogP contribution in [0.3, 0.4) is 0 Å². The van der Waals surface area contributed by atoms with E-state index >= 15 is 0 Å². The standard InChI is InChI=1S/C15H12BrN3O/c16-13-6-7-14-17-12-9-20-8-11(15(12)19(14)18-13)10-4-2-1-3-5-10/h1-7,11H,8-9H2/t11-/m1/s1. The van der Waals surface area contributed by atoms with E-state index in [9.17, 15) is 0 Å². The van der Waals surface area contributed by atoms with E-state index in [2.05, 4.69) is 50.3 Å². The summed E-state index contributed by atoms with van der Waals surface area (Å²) in [5.41, 5.74) is 4.22.